The minimum Gasteiger partial charge on any atom is -0.480 e. The van der Waals surface area contributed by atoms with Crippen LogP contribution in [0.5, 0.6) is 0 Å². The highest BCUT2D eigenvalue weighted by Gasteiger charge is 2.29. The molecule has 4 amide bonds. The number of hydrogen-bond donors (Lipinski definition) is 8. The van der Waals surface area contributed by atoms with Crippen molar-refractivity contribution in [3.63, 3.8) is 0 Å². The fourth-order valence-corrected chi connectivity index (χ4v) is 7.91. The molecule has 1 aliphatic rings. The minimum atomic E-state index is -1.46. The SMILES string of the molecule is CSC[C@H](NC(=O)C(CCCNC(=O)CCC(=O)N1Cc2ccccc2C#Cc2ccccc21)CC(=O)CC[C@H](NC(=O)c1ccc(NCc2cnc3nc(N)[nH]c(=O)c3n2)cc1)C(=O)O)C(=O)O. The first-order valence-electron chi connectivity index (χ1n) is 21.9. The van der Waals surface area contributed by atoms with Gasteiger partial charge >= 0.3 is 11.9 Å². The largest absolute Gasteiger partial charge is 0.480 e. The van der Waals surface area contributed by atoms with Crippen molar-refractivity contribution in [2.75, 3.05) is 34.5 Å². The van der Waals surface area contributed by atoms with E-state index >= 15 is 0 Å². The number of aromatic nitrogens is 4. The third kappa shape index (κ3) is 14.2. The number of para-hydroxylation sites is 1. The monoisotopic (exact) mass is 958 g/mol. The maximum Gasteiger partial charge on any atom is 0.327 e. The summed E-state index contributed by atoms with van der Waals surface area (Å²) in [5.74, 6) is 0.0603. The number of nitrogens with two attached hydrogens (primary N) is 1. The number of rotatable bonds is 23. The number of H-pyrrole nitrogens is 1. The predicted molar refractivity (Wildman–Crippen MR) is 257 cm³/mol. The third-order valence-corrected chi connectivity index (χ3v) is 11.7. The summed E-state index contributed by atoms with van der Waals surface area (Å²) < 4.78 is 0. The molecular weight excluding hydrogens is 909 g/mol. The second-order valence-electron chi connectivity index (χ2n) is 16.0. The smallest absolute Gasteiger partial charge is 0.327 e. The Bertz CT molecular complexity index is 2860. The van der Waals surface area contributed by atoms with Gasteiger partial charge in [-0.2, -0.15) is 16.7 Å². The average Bonchev–Trinajstić information content (AvgIpc) is 3.32. The number of carbonyl (C=O) groups is 7. The third-order valence-electron chi connectivity index (χ3n) is 11.0. The van der Waals surface area contributed by atoms with Gasteiger partial charge in [0.25, 0.3) is 11.5 Å². The quantitative estimate of drug-likeness (QED) is 0.0345. The van der Waals surface area contributed by atoms with Crippen molar-refractivity contribution in [2.24, 2.45) is 5.92 Å². The molecule has 20 nitrogen and oxygen atoms in total. The maximum absolute atomic E-state index is 13.6. The van der Waals surface area contributed by atoms with Gasteiger partial charge in [-0.3, -0.25) is 33.8 Å². The molecule has 3 atom stereocenters. The van der Waals surface area contributed by atoms with Crippen LogP contribution in [0.25, 0.3) is 11.2 Å². The number of anilines is 3. The van der Waals surface area contributed by atoms with E-state index in [-0.39, 0.29) is 98.9 Å². The number of aliphatic carboxylic acids is 2. The van der Waals surface area contributed by atoms with E-state index in [1.807, 2.05) is 48.5 Å². The number of nitrogen functional groups attached to an aromatic ring is 1. The van der Waals surface area contributed by atoms with Gasteiger partial charge in [0.1, 0.15) is 17.9 Å². The normalized spacial score (nSPS) is 12.9. The number of Topliss-reactive ketones (excluding diaryl/α,β-unsaturated/α-hetero) is 1. The predicted octanol–water partition coefficient (Wildman–Crippen LogP) is 3.00. The molecule has 69 heavy (non-hydrogen) atoms. The second-order valence-corrected chi connectivity index (χ2v) is 16.9. The number of benzene rings is 3. The molecule has 5 aromatic rings. The minimum absolute atomic E-state index is 0.0156. The molecule has 358 valence electrons. The zero-order valence-corrected chi connectivity index (χ0v) is 38.3. The van der Waals surface area contributed by atoms with Gasteiger partial charge in [0, 0.05) is 66.3 Å². The average molecular weight is 959 g/mol. The van der Waals surface area contributed by atoms with E-state index < -0.39 is 59.0 Å². The van der Waals surface area contributed by atoms with Crippen molar-refractivity contribution in [2.45, 2.75) is 70.1 Å². The molecule has 3 aromatic carbocycles. The summed E-state index contributed by atoms with van der Waals surface area (Å²) in [4.78, 5) is 119. The number of carbonyl (C=O) groups excluding carboxylic acids is 5. The van der Waals surface area contributed by atoms with E-state index in [1.54, 1.807) is 23.3 Å². The van der Waals surface area contributed by atoms with Gasteiger partial charge in [-0.05, 0) is 73.5 Å². The van der Waals surface area contributed by atoms with E-state index in [4.69, 9.17) is 5.73 Å². The van der Waals surface area contributed by atoms with Gasteiger partial charge < -0.3 is 42.1 Å². The lowest BCUT2D eigenvalue weighted by molar-refractivity contribution is -0.142. The summed E-state index contributed by atoms with van der Waals surface area (Å²) in [5, 5.41) is 30.4. The van der Waals surface area contributed by atoms with Gasteiger partial charge in [-0.25, -0.2) is 19.6 Å². The number of fused-ring (bicyclic) bond motifs is 3. The lowest BCUT2D eigenvalue weighted by Gasteiger charge is -2.26. The summed E-state index contributed by atoms with van der Waals surface area (Å²) in [6.45, 7) is 0.530. The topological polar surface area (TPSA) is 309 Å². The first-order valence-corrected chi connectivity index (χ1v) is 23.3. The molecule has 9 N–H and O–H groups in total. The Balaban J connectivity index is 0.989. The lowest BCUT2D eigenvalue weighted by Crippen LogP contribution is -2.45. The Morgan fingerprint density at radius 2 is 1.57 bits per heavy atom. The van der Waals surface area contributed by atoms with Gasteiger partial charge in [0.2, 0.25) is 23.7 Å². The number of carboxylic acids is 2. The Morgan fingerprint density at radius 1 is 0.855 bits per heavy atom. The van der Waals surface area contributed by atoms with Gasteiger partial charge in [-0.15, -0.1) is 0 Å². The molecule has 1 unspecified atom stereocenters. The van der Waals surface area contributed by atoms with Crippen molar-refractivity contribution >= 4 is 81.6 Å². The van der Waals surface area contributed by atoms with Crippen LogP contribution in [0.15, 0.2) is 83.8 Å². The fraction of sp³-hybridized carbons (Fsp3) is 0.312. The van der Waals surface area contributed by atoms with Crippen molar-refractivity contribution in [3.8, 4) is 11.8 Å². The number of nitrogens with one attached hydrogen (secondary N) is 5. The van der Waals surface area contributed by atoms with Gasteiger partial charge in [0.15, 0.2) is 11.2 Å². The summed E-state index contributed by atoms with van der Waals surface area (Å²) in [5.41, 5.74) is 9.26. The number of carboxylic acid groups (broad SMARTS) is 2. The number of aromatic amines is 1. The highest BCUT2D eigenvalue weighted by Crippen LogP contribution is 2.26. The molecule has 0 bridgehead atoms. The first-order chi connectivity index (χ1) is 33.2. The molecular formula is C48H50N10O10S. The van der Waals surface area contributed by atoms with Crippen LogP contribution >= 0.6 is 11.8 Å². The number of ketones is 1. The molecule has 0 saturated carbocycles. The van der Waals surface area contributed by atoms with Crippen LogP contribution < -0.4 is 37.5 Å². The van der Waals surface area contributed by atoms with E-state index in [0.29, 0.717) is 22.6 Å². The standard InChI is InChI=1S/C48H50N10O10S/c1-69-27-37(47(67)68)55-44(63)31(10-6-22-50-39(60)20-21-40(61)58-26-32-9-3-2-7-28(32)12-13-29-8-4-5-11-38(29)58)23-35(59)18-19-36(46(65)66)54-43(62)30-14-16-33(17-15-30)51-24-34-25-52-42-41(53-34)45(64)57-48(49)56-42/h2-5,7-9,11,14-17,25,31,36-37,51H,6,10,18-24,26-27H2,1H3,(H,50,60)(H,54,62)(H,55,63)(H,65,66)(H,67,68)(H3,49,52,56,57,64)/t31?,36-,37-/m0/s1. The molecule has 0 fully saturated rings. The van der Waals surface area contributed by atoms with Gasteiger partial charge in [-0.1, -0.05) is 42.2 Å². The Morgan fingerprint density at radius 3 is 2.30 bits per heavy atom. The van der Waals surface area contributed by atoms with Crippen molar-refractivity contribution in [3.05, 3.63) is 117 Å². The molecule has 21 heteroatoms. The van der Waals surface area contributed by atoms with Gasteiger partial charge in [0.05, 0.1) is 30.7 Å². The van der Waals surface area contributed by atoms with E-state index in [9.17, 15) is 48.6 Å². The fourth-order valence-electron chi connectivity index (χ4n) is 7.35. The van der Waals surface area contributed by atoms with Crippen LogP contribution in [-0.2, 0) is 41.9 Å². The summed E-state index contributed by atoms with van der Waals surface area (Å²) in [7, 11) is 0. The number of nitrogens with zero attached hydrogens (tertiary/aromatic N) is 4. The van der Waals surface area contributed by atoms with Crippen molar-refractivity contribution < 1.29 is 43.8 Å². The number of amides is 4. The highest BCUT2D eigenvalue weighted by atomic mass is 32.2. The molecule has 1 aliphatic heterocycles. The molecule has 0 spiro atoms. The van der Waals surface area contributed by atoms with E-state index in [2.05, 4.69) is 53.0 Å². The Labute approximate surface area is 399 Å². The summed E-state index contributed by atoms with van der Waals surface area (Å²) in [6.07, 6.45) is 2.21. The zero-order chi connectivity index (χ0) is 49.5. The number of hydrogen-bond acceptors (Lipinski definition) is 14. The summed E-state index contributed by atoms with van der Waals surface area (Å²) in [6, 6.07) is 18.2. The summed E-state index contributed by atoms with van der Waals surface area (Å²) >= 11 is 1.21. The lowest BCUT2D eigenvalue weighted by atomic mass is 9.93. The first kappa shape index (κ1) is 50.3. The van der Waals surface area contributed by atoms with E-state index in [1.165, 1.54) is 30.1 Å². The van der Waals surface area contributed by atoms with Crippen LogP contribution in [0, 0.1) is 17.8 Å². The van der Waals surface area contributed by atoms with Crippen LogP contribution in [-0.4, -0.2) is 102 Å². The second kappa shape index (κ2) is 24.1. The molecule has 0 radical (unpaired) electrons. The molecule has 2 aromatic heterocycles. The molecule has 0 saturated heterocycles. The van der Waals surface area contributed by atoms with Crippen molar-refractivity contribution in [1.29, 1.82) is 0 Å². The van der Waals surface area contributed by atoms with Crippen LogP contribution in [0.1, 0.15) is 77.7 Å². The van der Waals surface area contributed by atoms with Crippen molar-refractivity contribution in [1.82, 2.24) is 35.9 Å². The molecule has 0 aliphatic carbocycles. The molecule has 6 rings (SSSR count). The zero-order valence-electron chi connectivity index (χ0n) is 37.5. The Hall–Kier alpha value is -8.12. The molecule has 3 heterocycles. The van der Waals surface area contributed by atoms with Crippen LogP contribution in [0.4, 0.5) is 17.3 Å². The van der Waals surface area contributed by atoms with Crippen LogP contribution in [0.2, 0.25) is 0 Å². The highest BCUT2D eigenvalue weighted by molar-refractivity contribution is 7.98. The Kier molecular flexibility index (Phi) is 17.5. The number of thioether (sulfide) groups is 1. The maximum atomic E-state index is 13.6. The van der Waals surface area contributed by atoms with E-state index in [0.717, 1.165) is 11.1 Å². The van der Waals surface area contributed by atoms with Crippen LogP contribution in [0.3, 0.4) is 0 Å².